The molecule has 0 saturated heterocycles. The first-order valence-electron chi connectivity index (χ1n) is 6.49. The minimum Gasteiger partial charge on any atom is -0.496 e. The van der Waals surface area contributed by atoms with Gasteiger partial charge in [-0.2, -0.15) is 0 Å². The van der Waals surface area contributed by atoms with Gasteiger partial charge in [-0.25, -0.2) is 0 Å². The van der Waals surface area contributed by atoms with E-state index < -0.39 is 0 Å². The van der Waals surface area contributed by atoms with Gasteiger partial charge in [-0.05, 0) is 52.9 Å². The van der Waals surface area contributed by atoms with Gasteiger partial charge in [0.15, 0.2) is 0 Å². The number of ether oxygens (including phenoxy) is 1. The van der Waals surface area contributed by atoms with Crippen molar-refractivity contribution in [1.29, 1.82) is 0 Å². The second kappa shape index (κ2) is 6.39. The lowest BCUT2D eigenvalue weighted by Gasteiger charge is -2.15. The molecular weight excluding hydrogens is 308 g/mol. The molecule has 1 amide bonds. The first kappa shape index (κ1) is 14.3. The van der Waals surface area contributed by atoms with Crippen molar-refractivity contribution in [3.05, 3.63) is 22.7 Å². The number of carbonyl (C=O) groups is 1. The van der Waals surface area contributed by atoms with Crippen LogP contribution in [0.1, 0.15) is 25.7 Å². The number of benzene rings is 1. The minimum absolute atomic E-state index is 0.0272. The lowest BCUT2D eigenvalue weighted by atomic mass is 10.00. The van der Waals surface area contributed by atoms with Gasteiger partial charge < -0.3 is 15.8 Å². The van der Waals surface area contributed by atoms with Crippen molar-refractivity contribution in [2.75, 3.05) is 12.4 Å². The molecule has 0 spiro atoms. The fourth-order valence-electron chi connectivity index (χ4n) is 2.51. The van der Waals surface area contributed by atoms with Crippen LogP contribution in [0.2, 0.25) is 0 Å². The van der Waals surface area contributed by atoms with Crippen molar-refractivity contribution < 1.29 is 9.53 Å². The Hall–Kier alpha value is -1.07. The van der Waals surface area contributed by atoms with E-state index in [4.69, 9.17) is 10.5 Å². The molecule has 2 atom stereocenters. The third kappa shape index (κ3) is 3.70. The monoisotopic (exact) mass is 326 g/mol. The molecule has 1 saturated carbocycles. The lowest BCUT2D eigenvalue weighted by molar-refractivity contribution is -0.117. The Kier molecular flexibility index (Phi) is 4.82. The predicted octanol–water partition coefficient (Wildman–Crippen LogP) is 2.91. The van der Waals surface area contributed by atoms with E-state index >= 15 is 0 Å². The molecule has 1 aromatic carbocycles. The van der Waals surface area contributed by atoms with E-state index in [9.17, 15) is 4.79 Å². The summed E-state index contributed by atoms with van der Waals surface area (Å²) in [6, 6.07) is 5.66. The topological polar surface area (TPSA) is 64.3 Å². The van der Waals surface area contributed by atoms with E-state index in [1.807, 2.05) is 18.2 Å². The largest absolute Gasteiger partial charge is 0.496 e. The molecule has 0 bridgehead atoms. The van der Waals surface area contributed by atoms with Gasteiger partial charge in [-0.15, -0.1) is 0 Å². The highest BCUT2D eigenvalue weighted by atomic mass is 79.9. The summed E-state index contributed by atoms with van der Waals surface area (Å²) in [7, 11) is 1.61. The number of halogens is 1. The standard InChI is InChI=1S/C14H19BrN2O2/c1-19-13-6-5-10(8-11(13)15)17-14(18)7-9-3-2-4-12(9)16/h5-6,8-9,12H,2-4,7,16H2,1H3,(H,17,18)/t9-,12+/m0/s1. The zero-order valence-corrected chi connectivity index (χ0v) is 12.6. The quantitative estimate of drug-likeness (QED) is 0.894. The van der Waals surface area contributed by atoms with Gasteiger partial charge >= 0.3 is 0 Å². The molecule has 0 aliphatic heterocycles. The number of methoxy groups -OCH3 is 1. The molecule has 0 radical (unpaired) electrons. The Bertz CT molecular complexity index is 465. The maximum atomic E-state index is 12.0. The summed E-state index contributed by atoms with van der Waals surface area (Å²) in [4.78, 5) is 12.0. The summed E-state index contributed by atoms with van der Waals surface area (Å²) in [5.41, 5.74) is 6.75. The first-order chi connectivity index (χ1) is 9.10. The predicted molar refractivity (Wildman–Crippen MR) is 79.3 cm³/mol. The molecule has 2 rings (SSSR count). The van der Waals surface area contributed by atoms with Crippen molar-refractivity contribution in [2.45, 2.75) is 31.7 Å². The first-order valence-corrected chi connectivity index (χ1v) is 7.28. The molecule has 104 valence electrons. The van der Waals surface area contributed by atoms with Gasteiger partial charge in [0.2, 0.25) is 5.91 Å². The Morgan fingerprint density at radius 3 is 2.89 bits per heavy atom. The van der Waals surface area contributed by atoms with Gasteiger partial charge in [0, 0.05) is 18.2 Å². The van der Waals surface area contributed by atoms with Crippen molar-refractivity contribution in [2.24, 2.45) is 11.7 Å². The Labute approximate surface area is 121 Å². The van der Waals surface area contributed by atoms with Crippen LogP contribution < -0.4 is 15.8 Å². The second-order valence-corrected chi connectivity index (χ2v) is 5.81. The van der Waals surface area contributed by atoms with E-state index in [2.05, 4.69) is 21.2 Å². The summed E-state index contributed by atoms with van der Waals surface area (Å²) in [5.74, 6) is 1.09. The van der Waals surface area contributed by atoms with E-state index in [0.717, 1.165) is 35.2 Å². The van der Waals surface area contributed by atoms with Crippen LogP contribution >= 0.6 is 15.9 Å². The van der Waals surface area contributed by atoms with Crippen molar-refractivity contribution >= 4 is 27.5 Å². The van der Waals surface area contributed by atoms with Crippen LogP contribution in [-0.4, -0.2) is 19.1 Å². The SMILES string of the molecule is COc1ccc(NC(=O)C[C@@H]2CCC[C@H]2N)cc1Br. The van der Waals surface area contributed by atoms with Crippen molar-refractivity contribution in [1.82, 2.24) is 0 Å². The summed E-state index contributed by atoms with van der Waals surface area (Å²) in [6.45, 7) is 0. The van der Waals surface area contributed by atoms with Gasteiger partial charge in [0.05, 0.1) is 11.6 Å². The molecule has 19 heavy (non-hydrogen) atoms. The Balaban J connectivity index is 1.93. The molecule has 1 aliphatic rings. The van der Waals surface area contributed by atoms with Crippen molar-refractivity contribution in [3.63, 3.8) is 0 Å². The third-order valence-electron chi connectivity index (χ3n) is 3.60. The summed E-state index contributed by atoms with van der Waals surface area (Å²) < 4.78 is 5.97. The van der Waals surface area contributed by atoms with Crippen LogP contribution in [0, 0.1) is 5.92 Å². The number of rotatable bonds is 4. The van der Waals surface area contributed by atoms with Gasteiger partial charge in [-0.3, -0.25) is 4.79 Å². The van der Waals surface area contributed by atoms with Crippen LogP contribution in [-0.2, 0) is 4.79 Å². The number of carbonyl (C=O) groups excluding carboxylic acids is 1. The van der Waals surface area contributed by atoms with Gasteiger partial charge in [0.1, 0.15) is 5.75 Å². The minimum atomic E-state index is 0.0272. The Morgan fingerprint density at radius 1 is 1.53 bits per heavy atom. The zero-order valence-electron chi connectivity index (χ0n) is 11.0. The second-order valence-electron chi connectivity index (χ2n) is 4.96. The number of hydrogen-bond donors (Lipinski definition) is 2. The summed E-state index contributed by atoms with van der Waals surface area (Å²) in [5, 5.41) is 2.90. The van der Waals surface area contributed by atoms with E-state index in [0.29, 0.717) is 12.3 Å². The number of hydrogen-bond acceptors (Lipinski definition) is 3. The molecule has 4 nitrogen and oxygen atoms in total. The van der Waals surface area contributed by atoms with E-state index in [1.165, 1.54) is 0 Å². The zero-order chi connectivity index (χ0) is 13.8. The Morgan fingerprint density at radius 2 is 2.32 bits per heavy atom. The lowest BCUT2D eigenvalue weighted by Crippen LogP contribution is -2.28. The number of nitrogens with one attached hydrogen (secondary N) is 1. The maximum Gasteiger partial charge on any atom is 0.224 e. The number of amides is 1. The molecule has 3 N–H and O–H groups in total. The van der Waals surface area contributed by atoms with E-state index in [1.54, 1.807) is 7.11 Å². The number of nitrogens with two attached hydrogens (primary N) is 1. The van der Waals surface area contributed by atoms with Gasteiger partial charge in [-0.1, -0.05) is 6.42 Å². The smallest absolute Gasteiger partial charge is 0.224 e. The summed E-state index contributed by atoms with van der Waals surface area (Å²) >= 11 is 3.40. The highest BCUT2D eigenvalue weighted by Gasteiger charge is 2.26. The molecule has 0 unspecified atom stereocenters. The average Bonchev–Trinajstić information content (AvgIpc) is 2.75. The molecular formula is C14H19BrN2O2. The molecule has 1 aromatic rings. The highest BCUT2D eigenvalue weighted by Crippen LogP contribution is 2.29. The van der Waals surface area contributed by atoms with E-state index in [-0.39, 0.29) is 11.9 Å². The number of anilines is 1. The third-order valence-corrected chi connectivity index (χ3v) is 4.22. The fraction of sp³-hybridized carbons (Fsp3) is 0.500. The van der Waals surface area contributed by atoms with Crippen molar-refractivity contribution in [3.8, 4) is 5.75 Å². The van der Waals surface area contributed by atoms with Crippen LogP contribution in [0.25, 0.3) is 0 Å². The van der Waals surface area contributed by atoms with Crippen LogP contribution in [0.15, 0.2) is 22.7 Å². The maximum absolute atomic E-state index is 12.0. The molecule has 5 heteroatoms. The van der Waals surface area contributed by atoms with Gasteiger partial charge in [0.25, 0.3) is 0 Å². The molecule has 0 aromatic heterocycles. The fourth-order valence-corrected chi connectivity index (χ4v) is 3.05. The molecule has 1 aliphatic carbocycles. The highest BCUT2D eigenvalue weighted by molar-refractivity contribution is 9.10. The van der Waals surface area contributed by atoms with Crippen LogP contribution in [0.3, 0.4) is 0 Å². The average molecular weight is 327 g/mol. The summed E-state index contributed by atoms with van der Waals surface area (Å²) in [6.07, 6.45) is 3.73. The van der Waals surface area contributed by atoms with Crippen LogP contribution in [0.4, 0.5) is 5.69 Å². The normalized spacial score (nSPS) is 22.3. The van der Waals surface area contributed by atoms with Crippen LogP contribution in [0.5, 0.6) is 5.75 Å². The molecule has 0 heterocycles. The molecule has 1 fully saturated rings.